The van der Waals surface area contributed by atoms with Gasteiger partial charge in [0, 0.05) is 41.3 Å². The smallest absolute Gasteiger partial charge is 0.305 e. The molecule has 1 unspecified atom stereocenters. The molecule has 1 atom stereocenters. The van der Waals surface area contributed by atoms with Crippen molar-refractivity contribution in [3.8, 4) is 0 Å². The highest BCUT2D eigenvalue weighted by Crippen LogP contribution is 2.31. The van der Waals surface area contributed by atoms with Gasteiger partial charge in [0.05, 0.1) is 18.2 Å². The van der Waals surface area contributed by atoms with Crippen LogP contribution in [0.3, 0.4) is 0 Å². The van der Waals surface area contributed by atoms with E-state index in [2.05, 4.69) is 53.7 Å². The zero-order valence-electron chi connectivity index (χ0n) is 11.2. The number of piperazine rings is 1. The Morgan fingerprint density at radius 1 is 1.40 bits per heavy atom. The Bertz CT molecular complexity index is 491. The lowest BCUT2D eigenvalue weighted by atomic mass is 10.1. The summed E-state index contributed by atoms with van der Waals surface area (Å²) in [6, 6.07) is 1.72. The first-order valence-corrected chi connectivity index (χ1v) is 8.01. The van der Waals surface area contributed by atoms with Crippen LogP contribution in [0.5, 0.6) is 0 Å². The van der Waals surface area contributed by atoms with Crippen molar-refractivity contribution in [1.29, 1.82) is 0 Å². The van der Waals surface area contributed by atoms with E-state index in [0.717, 1.165) is 40.8 Å². The number of carbonyl (C=O) groups is 1. The third-order valence-electron chi connectivity index (χ3n) is 3.50. The van der Waals surface area contributed by atoms with Gasteiger partial charge in [-0.15, -0.1) is 0 Å². The highest BCUT2D eigenvalue weighted by Gasteiger charge is 2.28. The minimum atomic E-state index is -0.800. The first-order chi connectivity index (χ1) is 9.47. The van der Waals surface area contributed by atoms with E-state index < -0.39 is 5.97 Å². The van der Waals surface area contributed by atoms with Gasteiger partial charge in [-0.1, -0.05) is 0 Å². The van der Waals surface area contributed by atoms with Crippen molar-refractivity contribution in [2.45, 2.75) is 12.5 Å². The summed E-state index contributed by atoms with van der Waals surface area (Å²) in [6.45, 7) is 3.62. The Balaban J connectivity index is 2.24. The van der Waals surface area contributed by atoms with Gasteiger partial charge in [-0.2, -0.15) is 0 Å². The second kappa shape index (κ2) is 6.98. The maximum Gasteiger partial charge on any atom is 0.305 e. The molecular formula is C13H17Br2N3O2. The van der Waals surface area contributed by atoms with E-state index in [0.29, 0.717) is 0 Å². The van der Waals surface area contributed by atoms with Gasteiger partial charge in [0.2, 0.25) is 0 Å². The van der Waals surface area contributed by atoms with Gasteiger partial charge in [0.15, 0.2) is 0 Å². The maximum atomic E-state index is 11.2. The van der Waals surface area contributed by atoms with E-state index in [-0.39, 0.29) is 12.5 Å². The van der Waals surface area contributed by atoms with Crippen LogP contribution in [0.4, 0.5) is 0 Å². The summed E-state index contributed by atoms with van der Waals surface area (Å²) in [7, 11) is 2.08. The van der Waals surface area contributed by atoms with Crippen molar-refractivity contribution < 1.29 is 9.90 Å². The van der Waals surface area contributed by atoms with Crippen LogP contribution in [0, 0.1) is 0 Å². The molecule has 0 aromatic carbocycles. The maximum absolute atomic E-state index is 11.2. The molecule has 20 heavy (non-hydrogen) atoms. The highest BCUT2D eigenvalue weighted by atomic mass is 79.9. The number of aliphatic carboxylic acids is 1. The number of carboxylic acid groups (broad SMARTS) is 1. The zero-order chi connectivity index (χ0) is 14.7. The Hall–Kier alpha value is -0.500. The van der Waals surface area contributed by atoms with Gasteiger partial charge in [-0.25, -0.2) is 0 Å². The molecule has 1 aromatic rings. The molecule has 110 valence electrons. The summed E-state index contributed by atoms with van der Waals surface area (Å²) in [4.78, 5) is 20.0. The van der Waals surface area contributed by atoms with E-state index in [9.17, 15) is 9.90 Å². The number of rotatable bonds is 4. The van der Waals surface area contributed by atoms with Crippen LogP contribution in [-0.4, -0.2) is 59.1 Å². The Kier molecular flexibility index (Phi) is 5.54. The summed E-state index contributed by atoms with van der Waals surface area (Å²) < 4.78 is 1.72. The molecule has 0 bridgehead atoms. The second-order valence-corrected chi connectivity index (χ2v) is 6.74. The van der Waals surface area contributed by atoms with Crippen molar-refractivity contribution >= 4 is 37.8 Å². The molecule has 0 saturated carbocycles. The van der Waals surface area contributed by atoms with Gasteiger partial charge < -0.3 is 10.0 Å². The zero-order valence-corrected chi connectivity index (χ0v) is 14.4. The topological polar surface area (TPSA) is 56.7 Å². The predicted molar refractivity (Wildman–Crippen MR) is 83.7 cm³/mol. The van der Waals surface area contributed by atoms with Crippen LogP contribution in [0.25, 0.3) is 0 Å². The lowest BCUT2D eigenvalue weighted by molar-refractivity contribution is -0.138. The second-order valence-electron chi connectivity index (χ2n) is 4.97. The summed E-state index contributed by atoms with van der Waals surface area (Å²) in [6.07, 6.45) is 1.78. The number of hydrogen-bond donors (Lipinski definition) is 1. The fourth-order valence-corrected chi connectivity index (χ4v) is 3.62. The fraction of sp³-hybridized carbons (Fsp3) is 0.538. The molecule has 0 spiro atoms. The van der Waals surface area contributed by atoms with Crippen LogP contribution < -0.4 is 0 Å². The van der Waals surface area contributed by atoms with E-state index in [1.54, 1.807) is 6.20 Å². The molecule has 0 aliphatic carbocycles. The largest absolute Gasteiger partial charge is 0.481 e. The molecule has 1 aliphatic rings. The SMILES string of the molecule is CN1CCN(C(CC(=O)O)c2ncc(Br)cc2Br)CC1. The number of pyridine rings is 1. The lowest BCUT2D eigenvalue weighted by Gasteiger charge is -2.37. The molecule has 1 N–H and O–H groups in total. The first kappa shape index (κ1) is 15.9. The molecule has 7 heteroatoms. The van der Waals surface area contributed by atoms with E-state index in [1.165, 1.54) is 0 Å². The number of hydrogen-bond acceptors (Lipinski definition) is 4. The number of nitrogens with zero attached hydrogens (tertiary/aromatic N) is 3. The molecule has 1 fully saturated rings. The molecule has 1 aliphatic heterocycles. The van der Waals surface area contributed by atoms with Crippen molar-refractivity contribution in [3.05, 3.63) is 26.9 Å². The highest BCUT2D eigenvalue weighted by molar-refractivity contribution is 9.11. The summed E-state index contributed by atoms with van der Waals surface area (Å²) in [5.74, 6) is -0.800. The van der Waals surface area contributed by atoms with Crippen LogP contribution in [-0.2, 0) is 4.79 Å². The average molecular weight is 407 g/mol. The quantitative estimate of drug-likeness (QED) is 0.831. The summed E-state index contributed by atoms with van der Waals surface area (Å²) >= 11 is 6.86. The third kappa shape index (κ3) is 4.00. The summed E-state index contributed by atoms with van der Waals surface area (Å²) in [5.41, 5.74) is 0.792. The Labute approximate surface area is 135 Å². The normalized spacial score (nSPS) is 18.9. The van der Waals surface area contributed by atoms with Gasteiger partial charge in [-0.3, -0.25) is 14.7 Å². The average Bonchev–Trinajstić information content (AvgIpc) is 2.37. The monoisotopic (exact) mass is 405 g/mol. The van der Waals surface area contributed by atoms with Gasteiger partial charge in [0.25, 0.3) is 0 Å². The number of aromatic nitrogens is 1. The van der Waals surface area contributed by atoms with Crippen LogP contribution in [0.15, 0.2) is 21.2 Å². The van der Waals surface area contributed by atoms with Gasteiger partial charge in [-0.05, 0) is 45.0 Å². The van der Waals surface area contributed by atoms with Crippen LogP contribution in [0.2, 0.25) is 0 Å². The van der Waals surface area contributed by atoms with Gasteiger partial charge >= 0.3 is 5.97 Å². The van der Waals surface area contributed by atoms with Crippen LogP contribution >= 0.6 is 31.9 Å². The Morgan fingerprint density at radius 2 is 2.05 bits per heavy atom. The number of carboxylic acids is 1. The van der Waals surface area contributed by atoms with E-state index in [4.69, 9.17) is 0 Å². The molecule has 1 saturated heterocycles. The lowest BCUT2D eigenvalue weighted by Crippen LogP contribution is -2.46. The third-order valence-corrected chi connectivity index (χ3v) is 4.57. The van der Waals surface area contributed by atoms with Crippen molar-refractivity contribution in [2.75, 3.05) is 33.2 Å². The molecule has 2 heterocycles. The van der Waals surface area contributed by atoms with Crippen molar-refractivity contribution in [3.63, 3.8) is 0 Å². The first-order valence-electron chi connectivity index (χ1n) is 6.42. The van der Waals surface area contributed by atoms with Crippen molar-refractivity contribution in [2.24, 2.45) is 0 Å². The van der Waals surface area contributed by atoms with Gasteiger partial charge in [0.1, 0.15) is 0 Å². The summed E-state index contributed by atoms with van der Waals surface area (Å²) in [5, 5.41) is 9.18. The fourth-order valence-electron chi connectivity index (χ4n) is 2.37. The van der Waals surface area contributed by atoms with E-state index in [1.807, 2.05) is 6.07 Å². The molecule has 0 amide bonds. The molecule has 5 nitrogen and oxygen atoms in total. The molecular weight excluding hydrogens is 390 g/mol. The number of likely N-dealkylation sites (N-methyl/N-ethyl adjacent to an activating group) is 1. The Morgan fingerprint density at radius 3 is 2.60 bits per heavy atom. The van der Waals surface area contributed by atoms with Crippen molar-refractivity contribution in [1.82, 2.24) is 14.8 Å². The van der Waals surface area contributed by atoms with Crippen LogP contribution in [0.1, 0.15) is 18.2 Å². The standard InChI is InChI=1S/C13H17Br2N3O2/c1-17-2-4-18(5-3-17)11(7-12(19)20)13-10(15)6-9(14)8-16-13/h6,8,11H,2-5,7H2,1H3,(H,19,20). The minimum absolute atomic E-state index is 0.0664. The number of halogens is 2. The molecule has 2 rings (SSSR count). The molecule has 1 aromatic heterocycles. The predicted octanol–water partition coefficient (Wildman–Crippen LogP) is 2.37. The molecule has 0 radical (unpaired) electrons. The van der Waals surface area contributed by atoms with E-state index >= 15 is 0 Å². The minimum Gasteiger partial charge on any atom is -0.481 e.